The average Bonchev–Trinajstić information content (AvgIpc) is 2.60. The Hall–Kier alpha value is -1.73. The lowest BCUT2D eigenvalue weighted by Crippen LogP contribution is -2.37. The van der Waals surface area contributed by atoms with Crippen molar-refractivity contribution in [2.45, 2.75) is 40.2 Å². The minimum Gasteiger partial charge on any atom is -0.350 e. The van der Waals surface area contributed by atoms with Crippen molar-refractivity contribution < 1.29 is 13.2 Å². The monoisotopic (exact) mass is 393 g/mol. The van der Waals surface area contributed by atoms with Gasteiger partial charge in [-0.25, -0.2) is 13.1 Å². The van der Waals surface area contributed by atoms with Crippen LogP contribution in [0.1, 0.15) is 39.3 Å². The number of nitrogens with one attached hydrogen (secondary N) is 2. The van der Waals surface area contributed by atoms with Gasteiger partial charge in [0.1, 0.15) is 0 Å². The minimum atomic E-state index is -3.21. The van der Waals surface area contributed by atoms with Crippen molar-refractivity contribution in [2.24, 2.45) is 23.7 Å². The zero-order chi connectivity index (χ0) is 20.0. The fourth-order valence-electron chi connectivity index (χ4n) is 3.74. The molecule has 0 radical (unpaired) electrons. The van der Waals surface area contributed by atoms with Crippen LogP contribution in [0, 0.1) is 23.7 Å². The van der Waals surface area contributed by atoms with E-state index in [4.69, 9.17) is 0 Å². The first-order chi connectivity index (χ1) is 12.7. The first kappa shape index (κ1) is 21.6. The molecule has 0 spiro atoms. The average molecular weight is 394 g/mol. The SMILES string of the molecule is CC1=C[C@@H](CNS(C)(=O)=O)[C@H](C(C)C)C[C@H]1CC(=O)NCc1ccccn1. The van der Waals surface area contributed by atoms with Crippen LogP contribution in [0.25, 0.3) is 0 Å². The molecule has 0 aliphatic heterocycles. The third-order valence-corrected chi connectivity index (χ3v) is 5.98. The van der Waals surface area contributed by atoms with Crippen molar-refractivity contribution in [1.29, 1.82) is 0 Å². The Bertz CT molecular complexity index is 760. The molecule has 6 nitrogen and oxygen atoms in total. The fourth-order valence-corrected chi connectivity index (χ4v) is 4.24. The van der Waals surface area contributed by atoms with Gasteiger partial charge in [-0.1, -0.05) is 31.6 Å². The van der Waals surface area contributed by atoms with Gasteiger partial charge in [-0.3, -0.25) is 9.78 Å². The van der Waals surface area contributed by atoms with E-state index >= 15 is 0 Å². The van der Waals surface area contributed by atoms with Crippen LogP contribution in [0.2, 0.25) is 0 Å². The highest BCUT2D eigenvalue weighted by molar-refractivity contribution is 7.88. The van der Waals surface area contributed by atoms with Crippen molar-refractivity contribution in [2.75, 3.05) is 12.8 Å². The van der Waals surface area contributed by atoms with Crippen molar-refractivity contribution in [3.05, 3.63) is 41.7 Å². The molecule has 2 rings (SSSR count). The predicted molar refractivity (Wildman–Crippen MR) is 107 cm³/mol. The maximum atomic E-state index is 12.4. The van der Waals surface area contributed by atoms with Crippen LogP contribution in [0.4, 0.5) is 0 Å². The molecule has 0 saturated heterocycles. The zero-order valence-corrected chi connectivity index (χ0v) is 17.4. The largest absolute Gasteiger partial charge is 0.350 e. The maximum absolute atomic E-state index is 12.4. The number of sulfonamides is 1. The molecule has 0 aromatic carbocycles. The quantitative estimate of drug-likeness (QED) is 0.664. The van der Waals surface area contributed by atoms with Crippen molar-refractivity contribution in [3.63, 3.8) is 0 Å². The van der Waals surface area contributed by atoms with Crippen LogP contribution in [-0.4, -0.2) is 32.1 Å². The second-order valence-electron chi connectivity index (χ2n) is 7.84. The molecule has 27 heavy (non-hydrogen) atoms. The number of hydrogen-bond donors (Lipinski definition) is 2. The van der Waals surface area contributed by atoms with E-state index in [0.717, 1.165) is 12.1 Å². The summed E-state index contributed by atoms with van der Waals surface area (Å²) in [5.74, 6) is 1.13. The van der Waals surface area contributed by atoms with E-state index in [1.54, 1.807) is 6.20 Å². The van der Waals surface area contributed by atoms with Gasteiger partial charge in [0.25, 0.3) is 0 Å². The van der Waals surface area contributed by atoms with Crippen molar-refractivity contribution in [1.82, 2.24) is 15.0 Å². The summed E-state index contributed by atoms with van der Waals surface area (Å²) in [6.07, 6.45) is 6.40. The molecule has 0 fully saturated rings. The summed E-state index contributed by atoms with van der Waals surface area (Å²) in [7, 11) is -3.21. The summed E-state index contributed by atoms with van der Waals surface area (Å²) in [6, 6.07) is 5.64. The van der Waals surface area contributed by atoms with E-state index in [1.165, 1.54) is 11.8 Å². The second-order valence-corrected chi connectivity index (χ2v) is 9.67. The highest BCUT2D eigenvalue weighted by Crippen LogP contribution is 2.38. The number of aromatic nitrogens is 1. The molecule has 1 aromatic heterocycles. The highest BCUT2D eigenvalue weighted by Gasteiger charge is 2.32. The van der Waals surface area contributed by atoms with Crippen LogP contribution in [0.15, 0.2) is 36.0 Å². The Balaban J connectivity index is 1.97. The zero-order valence-electron chi connectivity index (χ0n) is 16.6. The minimum absolute atomic E-state index is 0.0219. The molecule has 1 aromatic rings. The molecule has 7 heteroatoms. The van der Waals surface area contributed by atoms with E-state index in [-0.39, 0.29) is 17.7 Å². The van der Waals surface area contributed by atoms with Gasteiger partial charge in [-0.05, 0) is 49.1 Å². The summed E-state index contributed by atoms with van der Waals surface area (Å²) in [5, 5.41) is 2.95. The molecule has 3 atom stereocenters. The molecule has 1 heterocycles. The standard InChI is InChI=1S/C20H31N3O3S/c1-14(2)19-10-16(15(3)9-17(19)12-23-27(4,25)26)11-20(24)22-13-18-7-5-6-8-21-18/h5-9,14,16-17,19,23H,10-13H2,1-4H3,(H,22,24)/t16-,17-,19-/m0/s1. The van der Waals surface area contributed by atoms with Crippen LogP contribution >= 0.6 is 0 Å². The van der Waals surface area contributed by atoms with Crippen LogP contribution < -0.4 is 10.0 Å². The number of carbonyl (C=O) groups is 1. The van der Waals surface area contributed by atoms with Gasteiger partial charge in [-0.2, -0.15) is 0 Å². The summed E-state index contributed by atoms with van der Waals surface area (Å²) in [4.78, 5) is 16.6. The molecular weight excluding hydrogens is 362 g/mol. The smallest absolute Gasteiger partial charge is 0.220 e. The number of pyridine rings is 1. The number of hydrogen-bond acceptors (Lipinski definition) is 4. The van der Waals surface area contributed by atoms with E-state index in [9.17, 15) is 13.2 Å². The molecule has 0 unspecified atom stereocenters. The molecule has 150 valence electrons. The molecule has 1 amide bonds. The van der Waals surface area contributed by atoms with Gasteiger partial charge >= 0.3 is 0 Å². The molecule has 2 N–H and O–H groups in total. The van der Waals surface area contributed by atoms with Gasteiger partial charge < -0.3 is 5.32 Å². The number of amides is 1. The number of allylic oxidation sites excluding steroid dienone is 1. The summed E-state index contributed by atoms with van der Waals surface area (Å²) < 4.78 is 25.5. The Morgan fingerprint density at radius 3 is 2.67 bits per heavy atom. The lowest BCUT2D eigenvalue weighted by molar-refractivity contribution is -0.122. The number of carbonyl (C=O) groups excluding carboxylic acids is 1. The topological polar surface area (TPSA) is 88.2 Å². The maximum Gasteiger partial charge on any atom is 0.220 e. The Labute approximate surface area is 162 Å². The van der Waals surface area contributed by atoms with Gasteiger partial charge in [0.05, 0.1) is 18.5 Å². The molecule has 0 bridgehead atoms. The summed E-state index contributed by atoms with van der Waals surface area (Å²) in [5.41, 5.74) is 2.01. The Kier molecular flexibility index (Phi) is 7.56. The van der Waals surface area contributed by atoms with Crippen molar-refractivity contribution in [3.8, 4) is 0 Å². The van der Waals surface area contributed by atoms with Gasteiger partial charge in [0.2, 0.25) is 15.9 Å². The fraction of sp³-hybridized carbons (Fsp3) is 0.600. The van der Waals surface area contributed by atoms with E-state index in [1.807, 2.05) is 25.1 Å². The lowest BCUT2D eigenvalue weighted by atomic mass is 9.70. The number of rotatable bonds is 8. The van der Waals surface area contributed by atoms with Crippen molar-refractivity contribution >= 4 is 15.9 Å². The molecular formula is C20H31N3O3S. The predicted octanol–water partition coefficient (Wildman–Crippen LogP) is 2.49. The van der Waals surface area contributed by atoms with E-state index in [2.05, 4.69) is 34.9 Å². The van der Waals surface area contributed by atoms with E-state index in [0.29, 0.717) is 31.3 Å². The lowest BCUT2D eigenvalue weighted by Gasteiger charge is -2.37. The third kappa shape index (κ3) is 7.07. The van der Waals surface area contributed by atoms with Gasteiger partial charge in [-0.15, -0.1) is 0 Å². The highest BCUT2D eigenvalue weighted by atomic mass is 32.2. The van der Waals surface area contributed by atoms with Gasteiger partial charge in [0, 0.05) is 19.2 Å². The Morgan fingerprint density at radius 1 is 1.33 bits per heavy atom. The van der Waals surface area contributed by atoms with Crippen LogP contribution in [0.3, 0.4) is 0 Å². The Morgan fingerprint density at radius 2 is 2.07 bits per heavy atom. The molecule has 1 aliphatic rings. The third-order valence-electron chi connectivity index (χ3n) is 5.29. The number of nitrogens with zero attached hydrogens (tertiary/aromatic N) is 1. The van der Waals surface area contributed by atoms with Crippen LogP contribution in [-0.2, 0) is 21.4 Å². The van der Waals surface area contributed by atoms with Gasteiger partial charge in [0.15, 0.2) is 0 Å². The first-order valence-corrected chi connectivity index (χ1v) is 11.3. The van der Waals surface area contributed by atoms with Crippen LogP contribution in [0.5, 0.6) is 0 Å². The second kappa shape index (κ2) is 9.46. The summed E-state index contributed by atoms with van der Waals surface area (Å²) in [6.45, 7) is 7.21. The molecule has 0 saturated carbocycles. The molecule has 1 aliphatic carbocycles. The normalized spacial score (nSPS) is 23.1. The summed E-state index contributed by atoms with van der Waals surface area (Å²) >= 11 is 0. The first-order valence-electron chi connectivity index (χ1n) is 9.45. The van der Waals surface area contributed by atoms with E-state index < -0.39 is 10.0 Å².